The summed E-state index contributed by atoms with van der Waals surface area (Å²) >= 11 is 0. The number of fused-ring (bicyclic) bond motifs is 5. The molecule has 0 aromatic carbocycles. The van der Waals surface area contributed by atoms with Gasteiger partial charge in [0.05, 0.1) is 6.10 Å². The van der Waals surface area contributed by atoms with E-state index in [4.69, 9.17) is 4.74 Å². The molecule has 0 heterocycles. The summed E-state index contributed by atoms with van der Waals surface area (Å²) in [5.74, 6) is -0.780. The number of aliphatic carboxylic acids is 1. The topological polar surface area (TPSA) is 101 Å². The summed E-state index contributed by atoms with van der Waals surface area (Å²) in [6, 6.07) is 0. The zero-order chi connectivity index (χ0) is 27.3. The van der Waals surface area contributed by atoms with Gasteiger partial charge in [-0.1, -0.05) is 39.3 Å². The number of carboxylic acid groups (broad SMARTS) is 1. The Morgan fingerprint density at radius 2 is 1.78 bits per heavy atom. The average molecular weight is 515 g/mol. The van der Waals surface area contributed by atoms with Gasteiger partial charge in [-0.2, -0.15) is 0 Å². The molecule has 4 fully saturated rings. The molecule has 0 saturated heterocycles. The average Bonchev–Trinajstić information content (AvgIpc) is 3.10. The Bertz CT molecular complexity index is 1010. The second-order valence-corrected chi connectivity index (χ2v) is 13.1. The summed E-state index contributed by atoms with van der Waals surface area (Å²) < 4.78 is 5.95. The first-order valence-corrected chi connectivity index (χ1v) is 14.3. The lowest BCUT2D eigenvalue weighted by Crippen LogP contribution is -2.59. The van der Waals surface area contributed by atoms with E-state index in [9.17, 15) is 24.6 Å². The van der Waals surface area contributed by atoms with Crippen LogP contribution < -0.4 is 0 Å². The maximum absolute atomic E-state index is 14.0. The Morgan fingerprint density at radius 1 is 1.11 bits per heavy atom. The van der Waals surface area contributed by atoms with Crippen molar-refractivity contribution in [3.05, 3.63) is 22.8 Å². The molecule has 0 aromatic rings. The summed E-state index contributed by atoms with van der Waals surface area (Å²) in [4.78, 5) is 39.1. The molecule has 9 atom stereocenters. The van der Waals surface area contributed by atoms with Crippen LogP contribution in [0, 0.1) is 40.4 Å². The maximum atomic E-state index is 14.0. The van der Waals surface area contributed by atoms with Gasteiger partial charge in [0.1, 0.15) is 11.9 Å². The van der Waals surface area contributed by atoms with Gasteiger partial charge in [0.2, 0.25) is 0 Å². The molecule has 0 aromatic heterocycles. The smallest absolute Gasteiger partial charge is 0.331 e. The molecule has 0 spiro atoms. The van der Waals surface area contributed by atoms with Crippen molar-refractivity contribution in [1.29, 1.82) is 0 Å². The molecular weight excluding hydrogens is 468 g/mol. The number of hydrogen-bond acceptors (Lipinski definition) is 5. The molecule has 6 nitrogen and oxygen atoms in total. The van der Waals surface area contributed by atoms with Crippen LogP contribution in [0.4, 0.5) is 0 Å². The molecule has 0 bridgehead atoms. The van der Waals surface area contributed by atoms with Crippen LogP contribution in [0.1, 0.15) is 99.3 Å². The molecule has 2 N–H and O–H groups in total. The lowest BCUT2D eigenvalue weighted by atomic mass is 9.42. The predicted molar refractivity (Wildman–Crippen MR) is 142 cm³/mol. The second-order valence-electron chi connectivity index (χ2n) is 13.1. The summed E-state index contributed by atoms with van der Waals surface area (Å²) in [5.41, 5.74) is 1.67. The van der Waals surface area contributed by atoms with Crippen molar-refractivity contribution in [2.75, 3.05) is 0 Å². The van der Waals surface area contributed by atoms with Crippen LogP contribution in [0.25, 0.3) is 0 Å². The van der Waals surface area contributed by atoms with E-state index in [2.05, 4.69) is 20.8 Å². The van der Waals surface area contributed by atoms with Gasteiger partial charge in [0.15, 0.2) is 0 Å². The number of ketones is 1. The van der Waals surface area contributed by atoms with Crippen molar-refractivity contribution in [2.45, 2.75) is 112 Å². The number of ether oxygens (including phenoxy) is 1. The highest BCUT2D eigenvalue weighted by Crippen LogP contribution is 2.68. The maximum Gasteiger partial charge on any atom is 0.331 e. The van der Waals surface area contributed by atoms with Crippen LogP contribution in [-0.4, -0.2) is 40.1 Å². The van der Waals surface area contributed by atoms with Gasteiger partial charge in [-0.15, -0.1) is 0 Å². The van der Waals surface area contributed by atoms with Crippen LogP contribution >= 0.6 is 0 Å². The highest BCUT2D eigenvalue weighted by Gasteiger charge is 2.66. The van der Waals surface area contributed by atoms with Crippen molar-refractivity contribution in [3.8, 4) is 0 Å². The minimum absolute atomic E-state index is 0.0942. The molecule has 4 aliphatic rings. The molecule has 4 rings (SSSR count). The Kier molecular flexibility index (Phi) is 7.82. The molecule has 37 heavy (non-hydrogen) atoms. The molecule has 206 valence electrons. The summed E-state index contributed by atoms with van der Waals surface area (Å²) in [6.45, 7) is 12.4. The van der Waals surface area contributed by atoms with E-state index in [-0.39, 0.29) is 58.8 Å². The first-order valence-electron chi connectivity index (χ1n) is 14.3. The molecular formula is C31H46O6. The number of Topliss-reactive ketones (excluding diaryl/α,β-unsaturated/α-hetero) is 1. The number of carbonyl (C=O) groups is 3. The zero-order valence-electron chi connectivity index (χ0n) is 23.5. The van der Waals surface area contributed by atoms with Crippen molar-refractivity contribution >= 4 is 17.7 Å². The largest absolute Gasteiger partial charge is 0.478 e. The number of hydrogen-bond donors (Lipinski definition) is 2. The summed E-state index contributed by atoms with van der Waals surface area (Å²) in [6.07, 6.45) is 6.64. The Labute approximate surface area is 221 Å². The van der Waals surface area contributed by atoms with E-state index in [0.29, 0.717) is 42.7 Å². The standard InChI is InChI=1S/C31H46O6/c1-7-26(34)37-25-16-31(6)21-12-11-20-18(4)23(32)13-14-30(20,5)28(21)24(33)15-22(31)27(25)19(29(35)36)10-8-9-17(2)3/h9,18,20-23,25,28,32H,7-8,10-16H2,1-6H3,(H,35,36)/b27-19-/t18-,20-,21-,22-,23+,25-,28-,30-,31+/m0/s1. The van der Waals surface area contributed by atoms with Crippen molar-refractivity contribution in [1.82, 2.24) is 0 Å². The van der Waals surface area contributed by atoms with E-state index in [1.165, 1.54) is 0 Å². The SMILES string of the molecule is CCC(=O)O[C@H]1C[C@@]2(C)[C@@H](CC(=O)[C@@H]3[C@@H]2CC[C@H]2[C@H](C)[C@H](O)CC[C@]32C)/C1=C(\CCC=C(C)C)C(=O)O. The van der Waals surface area contributed by atoms with E-state index >= 15 is 0 Å². The normalized spacial score (nSPS) is 42.2. The third-order valence-electron chi connectivity index (χ3n) is 10.8. The number of aliphatic hydroxyl groups excluding tert-OH is 1. The van der Waals surface area contributed by atoms with Gasteiger partial charge in [0.25, 0.3) is 0 Å². The van der Waals surface area contributed by atoms with Gasteiger partial charge in [-0.3, -0.25) is 9.59 Å². The molecule has 4 aliphatic carbocycles. The molecule has 0 radical (unpaired) electrons. The number of aliphatic hydroxyl groups is 1. The van der Waals surface area contributed by atoms with Crippen LogP contribution in [0.2, 0.25) is 0 Å². The lowest BCUT2D eigenvalue weighted by molar-refractivity contribution is -0.170. The number of esters is 1. The number of carboxylic acids is 1. The van der Waals surface area contributed by atoms with Gasteiger partial charge in [0, 0.05) is 24.3 Å². The number of allylic oxidation sites excluding steroid dienone is 2. The quantitative estimate of drug-likeness (QED) is 0.261. The van der Waals surface area contributed by atoms with Crippen molar-refractivity contribution < 1.29 is 29.3 Å². The predicted octanol–water partition coefficient (Wildman–Crippen LogP) is 5.87. The van der Waals surface area contributed by atoms with E-state index in [1.54, 1.807) is 6.92 Å². The monoisotopic (exact) mass is 514 g/mol. The van der Waals surface area contributed by atoms with Crippen molar-refractivity contribution in [2.24, 2.45) is 40.4 Å². The molecule has 4 saturated carbocycles. The van der Waals surface area contributed by atoms with E-state index in [0.717, 1.165) is 31.3 Å². The van der Waals surface area contributed by atoms with Gasteiger partial charge in [-0.05, 0) is 98.9 Å². The minimum Gasteiger partial charge on any atom is -0.478 e. The number of carbonyl (C=O) groups excluding carboxylic acids is 2. The molecule has 0 amide bonds. The van der Waals surface area contributed by atoms with Crippen LogP contribution in [0.5, 0.6) is 0 Å². The Hall–Kier alpha value is -1.95. The van der Waals surface area contributed by atoms with E-state index in [1.807, 2.05) is 19.9 Å². The van der Waals surface area contributed by atoms with Gasteiger partial charge >= 0.3 is 11.9 Å². The fourth-order valence-electron chi connectivity index (χ4n) is 8.99. The summed E-state index contributed by atoms with van der Waals surface area (Å²) in [5, 5.41) is 20.9. The molecule has 0 aliphatic heterocycles. The van der Waals surface area contributed by atoms with Crippen molar-refractivity contribution in [3.63, 3.8) is 0 Å². The lowest BCUT2D eigenvalue weighted by Gasteiger charge is -2.61. The van der Waals surface area contributed by atoms with Gasteiger partial charge < -0.3 is 14.9 Å². The first-order chi connectivity index (χ1) is 17.3. The Morgan fingerprint density at radius 3 is 2.41 bits per heavy atom. The third-order valence-corrected chi connectivity index (χ3v) is 10.8. The van der Waals surface area contributed by atoms with Gasteiger partial charge in [-0.25, -0.2) is 4.79 Å². The highest BCUT2D eigenvalue weighted by molar-refractivity contribution is 5.90. The number of rotatable bonds is 6. The fourth-order valence-corrected chi connectivity index (χ4v) is 8.99. The first kappa shape index (κ1) is 28.1. The van der Waals surface area contributed by atoms with Crippen LogP contribution in [0.15, 0.2) is 22.8 Å². The molecule has 6 heteroatoms. The fraction of sp³-hybridized carbons (Fsp3) is 0.774. The third kappa shape index (κ3) is 4.72. The van der Waals surface area contributed by atoms with Crippen LogP contribution in [-0.2, 0) is 19.1 Å². The molecule has 0 unspecified atom stereocenters. The minimum atomic E-state index is -0.973. The Balaban J connectivity index is 1.78. The zero-order valence-corrected chi connectivity index (χ0v) is 23.5. The van der Waals surface area contributed by atoms with E-state index < -0.39 is 12.1 Å². The second kappa shape index (κ2) is 10.3. The highest BCUT2D eigenvalue weighted by atomic mass is 16.5. The summed E-state index contributed by atoms with van der Waals surface area (Å²) in [7, 11) is 0. The van der Waals surface area contributed by atoms with Crippen LogP contribution in [0.3, 0.4) is 0 Å².